The molecule has 1 saturated carbocycles. The second-order valence-corrected chi connectivity index (χ2v) is 9.71. The monoisotopic (exact) mass is 526 g/mol. The molecule has 38 heavy (non-hydrogen) atoms. The number of imidazole rings is 1. The smallest absolute Gasteiger partial charge is 0.382 e. The quantitative estimate of drug-likeness (QED) is 0.198. The fourth-order valence-corrected chi connectivity index (χ4v) is 4.46. The van der Waals surface area contributed by atoms with Crippen LogP contribution in [-0.4, -0.2) is 38.2 Å². The predicted octanol–water partition coefficient (Wildman–Crippen LogP) is 6.27. The lowest BCUT2D eigenvalue weighted by atomic mass is 9.98. The van der Waals surface area contributed by atoms with Gasteiger partial charge in [-0.3, -0.25) is 4.79 Å². The number of fused-ring (bicyclic) bond motifs is 1. The summed E-state index contributed by atoms with van der Waals surface area (Å²) in [6.07, 6.45) is -2.51. The lowest BCUT2D eigenvalue weighted by Gasteiger charge is -2.16. The number of Topliss-reactive ketones (excluding diaryl/α,β-unsaturated/α-hetero) is 1. The second kappa shape index (κ2) is 10.2. The van der Waals surface area contributed by atoms with Gasteiger partial charge in [-0.05, 0) is 61.1 Å². The van der Waals surface area contributed by atoms with Crippen molar-refractivity contribution in [2.24, 2.45) is 5.92 Å². The molecule has 0 spiro atoms. The minimum atomic E-state index is -4.35. The van der Waals surface area contributed by atoms with Crippen LogP contribution in [-0.2, 0) is 0 Å². The van der Waals surface area contributed by atoms with E-state index in [1.807, 2.05) is 13.0 Å². The van der Waals surface area contributed by atoms with E-state index in [0.29, 0.717) is 29.2 Å². The molecule has 2 aromatic heterocycles. The molecule has 2 aromatic carbocycles. The maximum atomic E-state index is 13.8. The lowest BCUT2D eigenvalue weighted by molar-refractivity contribution is -0.131. The van der Waals surface area contributed by atoms with Crippen molar-refractivity contribution in [3.05, 3.63) is 82.9 Å². The topological polar surface area (TPSA) is 79.5 Å². The molecule has 4 aromatic rings. The lowest BCUT2D eigenvalue weighted by Crippen LogP contribution is -2.16. The molecule has 6 nitrogen and oxygen atoms in total. The summed E-state index contributed by atoms with van der Waals surface area (Å²) < 4.78 is 53.6. The van der Waals surface area contributed by atoms with Gasteiger partial charge in [-0.25, -0.2) is 13.9 Å². The molecule has 2 heterocycles. The Morgan fingerprint density at radius 1 is 1.18 bits per heavy atom. The number of carbonyl (C=O) groups excluding carboxylic acids is 1. The fourth-order valence-electron chi connectivity index (χ4n) is 4.46. The summed E-state index contributed by atoms with van der Waals surface area (Å²) in [6, 6.07) is 12.2. The van der Waals surface area contributed by atoms with Crippen molar-refractivity contribution in [2.45, 2.75) is 44.9 Å². The van der Waals surface area contributed by atoms with Gasteiger partial charge >= 0.3 is 6.18 Å². The zero-order valence-corrected chi connectivity index (χ0v) is 20.6. The molecule has 1 fully saturated rings. The van der Waals surface area contributed by atoms with Crippen LogP contribution >= 0.6 is 0 Å². The Balaban J connectivity index is 1.54. The van der Waals surface area contributed by atoms with Crippen LogP contribution in [0.15, 0.2) is 54.7 Å². The number of hydrogen-bond acceptors (Lipinski definition) is 5. The zero-order chi connectivity index (χ0) is 27.0. The van der Waals surface area contributed by atoms with Gasteiger partial charge in [0.1, 0.15) is 11.9 Å². The van der Waals surface area contributed by atoms with Gasteiger partial charge < -0.3 is 10.4 Å². The van der Waals surface area contributed by atoms with E-state index in [-0.39, 0.29) is 28.4 Å². The summed E-state index contributed by atoms with van der Waals surface area (Å²) in [7, 11) is 0. The number of ketones is 1. The Labute approximate surface area is 216 Å². The van der Waals surface area contributed by atoms with Crippen molar-refractivity contribution in [1.82, 2.24) is 14.6 Å². The van der Waals surface area contributed by atoms with Gasteiger partial charge in [0.15, 0.2) is 11.4 Å². The summed E-state index contributed by atoms with van der Waals surface area (Å²) >= 11 is 0. The maximum Gasteiger partial charge on any atom is 0.390 e. The van der Waals surface area contributed by atoms with Crippen molar-refractivity contribution in [1.29, 1.82) is 0 Å². The van der Waals surface area contributed by atoms with Gasteiger partial charge in [-0.15, -0.1) is 0 Å². The highest BCUT2D eigenvalue weighted by Gasteiger charge is 2.27. The molecule has 0 aliphatic heterocycles. The first kappa shape index (κ1) is 25.8. The van der Waals surface area contributed by atoms with Crippen molar-refractivity contribution < 1.29 is 27.5 Å². The van der Waals surface area contributed by atoms with Crippen LogP contribution in [0.3, 0.4) is 0 Å². The molecule has 1 atom stereocenters. The highest BCUT2D eigenvalue weighted by molar-refractivity contribution is 5.98. The van der Waals surface area contributed by atoms with Crippen LogP contribution in [0.25, 0.3) is 16.9 Å². The molecule has 0 amide bonds. The Morgan fingerprint density at radius 2 is 1.97 bits per heavy atom. The van der Waals surface area contributed by atoms with E-state index in [1.54, 1.807) is 12.1 Å². The van der Waals surface area contributed by atoms with Gasteiger partial charge in [0.2, 0.25) is 0 Å². The number of aryl methyl sites for hydroxylation is 1. The van der Waals surface area contributed by atoms with Crippen molar-refractivity contribution in [3.8, 4) is 11.3 Å². The molecular formula is C28H26F4N4O2. The Hall–Kier alpha value is -3.79. The summed E-state index contributed by atoms with van der Waals surface area (Å²) in [5.41, 5.74) is 3.53. The van der Waals surface area contributed by atoms with E-state index >= 15 is 0 Å². The number of aliphatic hydroxyl groups is 1. The Bertz CT molecular complexity index is 1490. The number of rotatable bonds is 9. The molecule has 0 bridgehead atoms. The summed E-state index contributed by atoms with van der Waals surface area (Å²) in [4.78, 5) is 17.0. The highest BCUT2D eigenvalue weighted by atomic mass is 19.4. The average Bonchev–Trinajstić information content (AvgIpc) is 3.57. The summed E-state index contributed by atoms with van der Waals surface area (Å²) in [6.45, 7) is 1.45. The number of aromatic nitrogens is 3. The molecule has 2 N–H and O–H groups in total. The SMILES string of the molecule is Cc1cc(-c2cnc3c(NCCC(F)(F)F)cc(C(O)c4cccc(F)c4)nn23)ccc1C(=O)CC1CC1. The van der Waals surface area contributed by atoms with Crippen LogP contribution < -0.4 is 5.32 Å². The normalized spacial score (nSPS) is 14.6. The molecule has 10 heteroatoms. The first-order valence-corrected chi connectivity index (χ1v) is 12.4. The Morgan fingerprint density at radius 3 is 2.66 bits per heavy atom. The van der Waals surface area contributed by atoms with E-state index in [4.69, 9.17) is 0 Å². The number of alkyl halides is 3. The third kappa shape index (κ3) is 5.70. The number of hydrogen-bond donors (Lipinski definition) is 2. The maximum absolute atomic E-state index is 13.8. The molecule has 0 radical (unpaired) electrons. The highest BCUT2D eigenvalue weighted by Crippen LogP contribution is 2.35. The number of aliphatic hydroxyl groups excluding tert-OH is 1. The van der Waals surface area contributed by atoms with E-state index in [2.05, 4.69) is 15.4 Å². The Kier molecular flexibility index (Phi) is 6.92. The zero-order valence-electron chi connectivity index (χ0n) is 20.6. The molecule has 1 aliphatic carbocycles. The number of carbonyl (C=O) groups is 1. The van der Waals surface area contributed by atoms with E-state index in [9.17, 15) is 27.5 Å². The number of anilines is 1. The molecular weight excluding hydrogens is 500 g/mol. The van der Waals surface area contributed by atoms with Gasteiger partial charge in [-0.1, -0.05) is 24.3 Å². The van der Waals surface area contributed by atoms with Crippen LogP contribution in [0, 0.1) is 18.7 Å². The van der Waals surface area contributed by atoms with Crippen LogP contribution in [0.5, 0.6) is 0 Å². The molecule has 5 rings (SSSR count). The number of nitrogens with zero attached hydrogens (tertiary/aromatic N) is 3. The molecule has 1 unspecified atom stereocenters. The van der Waals surface area contributed by atoms with E-state index < -0.39 is 31.1 Å². The fraction of sp³-hybridized carbons (Fsp3) is 0.321. The minimum absolute atomic E-state index is 0.101. The second-order valence-electron chi connectivity index (χ2n) is 9.71. The van der Waals surface area contributed by atoms with Crippen LogP contribution in [0.2, 0.25) is 0 Å². The van der Waals surface area contributed by atoms with E-state index in [0.717, 1.165) is 18.4 Å². The number of halogens is 4. The molecule has 198 valence electrons. The van der Waals surface area contributed by atoms with Gasteiger partial charge in [0.05, 0.1) is 29.7 Å². The molecule has 0 saturated heterocycles. The predicted molar refractivity (Wildman–Crippen MR) is 134 cm³/mol. The van der Waals surface area contributed by atoms with E-state index in [1.165, 1.54) is 41.0 Å². The van der Waals surface area contributed by atoms with Crippen molar-refractivity contribution >= 4 is 17.1 Å². The standard InChI is InChI=1S/C28H26F4N4O2/c1-16-11-18(7-8-21(16)25(37)12-17-5-6-17)24-15-34-27-23(33-10-9-28(30,31)32)14-22(35-36(24)27)26(38)19-3-2-4-20(29)13-19/h2-4,7-8,11,13-15,17,26,33,38H,5-6,9-10,12H2,1H3. The summed E-state index contributed by atoms with van der Waals surface area (Å²) in [5.74, 6) is 0.0292. The first-order chi connectivity index (χ1) is 18.1. The van der Waals surface area contributed by atoms with Gasteiger partial charge in [0, 0.05) is 24.1 Å². The third-order valence-corrected chi connectivity index (χ3v) is 6.65. The summed E-state index contributed by atoms with van der Waals surface area (Å²) in [5, 5.41) is 18.2. The number of nitrogens with one attached hydrogen (secondary N) is 1. The molecule has 1 aliphatic rings. The van der Waals surface area contributed by atoms with Crippen molar-refractivity contribution in [2.75, 3.05) is 11.9 Å². The average molecular weight is 527 g/mol. The van der Waals surface area contributed by atoms with Gasteiger partial charge in [0.25, 0.3) is 0 Å². The van der Waals surface area contributed by atoms with Crippen molar-refractivity contribution in [3.63, 3.8) is 0 Å². The van der Waals surface area contributed by atoms with Crippen LogP contribution in [0.1, 0.15) is 59.0 Å². The first-order valence-electron chi connectivity index (χ1n) is 12.4. The number of benzene rings is 2. The third-order valence-electron chi connectivity index (χ3n) is 6.65. The largest absolute Gasteiger partial charge is 0.390 e. The van der Waals surface area contributed by atoms with Gasteiger partial charge in [-0.2, -0.15) is 18.3 Å². The minimum Gasteiger partial charge on any atom is -0.382 e. The van der Waals surface area contributed by atoms with Crippen LogP contribution in [0.4, 0.5) is 23.2 Å².